The molecule has 0 aliphatic carbocycles. The van der Waals surface area contributed by atoms with Gasteiger partial charge in [0.2, 0.25) is 0 Å². The SMILES string of the molecule is O=C1C[N+]([O-])(CC=Cc2ccc(Cl)s2)CCN1. The van der Waals surface area contributed by atoms with Crippen molar-refractivity contribution in [1.29, 1.82) is 0 Å². The smallest absolute Gasteiger partial charge is 0.275 e. The first-order valence-corrected chi connectivity index (χ1v) is 6.53. The predicted molar refractivity (Wildman–Crippen MR) is 69.6 cm³/mol. The molecule has 4 nitrogen and oxygen atoms in total. The molecule has 6 heteroatoms. The summed E-state index contributed by atoms with van der Waals surface area (Å²) in [5.74, 6) is -0.168. The molecular weight excluding hydrogens is 260 g/mol. The number of halogens is 1. The van der Waals surface area contributed by atoms with Gasteiger partial charge >= 0.3 is 0 Å². The lowest BCUT2D eigenvalue weighted by Gasteiger charge is -2.43. The van der Waals surface area contributed by atoms with Crippen LogP contribution < -0.4 is 5.32 Å². The van der Waals surface area contributed by atoms with Gasteiger partial charge in [0.1, 0.15) is 0 Å². The lowest BCUT2D eigenvalue weighted by Crippen LogP contribution is -2.57. The molecular formula is C11H13ClN2O2S. The molecule has 1 aliphatic heterocycles. The highest BCUT2D eigenvalue weighted by molar-refractivity contribution is 7.16. The number of amides is 1. The molecule has 1 amide bonds. The number of rotatable bonds is 3. The molecule has 1 N–H and O–H groups in total. The Bertz CT molecular complexity index is 446. The summed E-state index contributed by atoms with van der Waals surface area (Å²) in [5, 5.41) is 14.8. The Morgan fingerprint density at radius 2 is 2.41 bits per heavy atom. The van der Waals surface area contributed by atoms with Gasteiger partial charge in [-0.15, -0.1) is 11.3 Å². The van der Waals surface area contributed by atoms with Gasteiger partial charge in [-0.2, -0.15) is 0 Å². The zero-order chi connectivity index (χ0) is 12.3. The fourth-order valence-electron chi connectivity index (χ4n) is 1.73. The number of piperazine rings is 1. The van der Waals surface area contributed by atoms with Gasteiger partial charge in [-0.1, -0.05) is 11.6 Å². The highest BCUT2D eigenvalue weighted by Crippen LogP contribution is 2.22. The van der Waals surface area contributed by atoms with Crippen LogP contribution in [-0.2, 0) is 4.79 Å². The molecule has 1 aromatic rings. The molecule has 1 unspecified atom stereocenters. The Kier molecular flexibility index (Phi) is 3.83. The maximum Gasteiger partial charge on any atom is 0.275 e. The summed E-state index contributed by atoms with van der Waals surface area (Å²) in [5.41, 5.74) is 0. The van der Waals surface area contributed by atoms with E-state index in [-0.39, 0.29) is 12.5 Å². The number of hydrogen-bond donors (Lipinski definition) is 1. The van der Waals surface area contributed by atoms with Crippen LogP contribution in [0.2, 0.25) is 4.34 Å². The molecule has 1 aliphatic rings. The van der Waals surface area contributed by atoms with E-state index in [1.54, 1.807) is 0 Å². The van der Waals surface area contributed by atoms with Crippen LogP contribution >= 0.6 is 22.9 Å². The van der Waals surface area contributed by atoms with E-state index in [1.807, 2.05) is 24.3 Å². The number of nitrogens with one attached hydrogen (secondary N) is 1. The van der Waals surface area contributed by atoms with E-state index in [1.165, 1.54) is 11.3 Å². The van der Waals surface area contributed by atoms with Crippen molar-refractivity contribution in [3.8, 4) is 0 Å². The first kappa shape index (κ1) is 12.6. The summed E-state index contributed by atoms with van der Waals surface area (Å²) >= 11 is 7.26. The molecule has 0 bridgehead atoms. The molecule has 17 heavy (non-hydrogen) atoms. The number of carbonyl (C=O) groups is 1. The van der Waals surface area contributed by atoms with Crippen LogP contribution in [-0.4, -0.2) is 36.7 Å². The van der Waals surface area contributed by atoms with E-state index in [0.29, 0.717) is 19.6 Å². The zero-order valence-electron chi connectivity index (χ0n) is 9.19. The summed E-state index contributed by atoms with van der Waals surface area (Å²) in [6.45, 7) is 1.22. The number of carbonyl (C=O) groups excluding carboxylic acids is 1. The quantitative estimate of drug-likeness (QED) is 0.674. The topological polar surface area (TPSA) is 52.2 Å². The van der Waals surface area contributed by atoms with Crippen molar-refractivity contribution < 1.29 is 9.44 Å². The Morgan fingerprint density at radius 1 is 1.59 bits per heavy atom. The van der Waals surface area contributed by atoms with Crippen molar-refractivity contribution in [3.63, 3.8) is 0 Å². The standard InChI is InChI=1S/C11H13ClN2O2S/c12-10-4-3-9(17-10)2-1-6-14(16)7-5-13-11(15)8-14/h1-4H,5-8H2,(H,13,15). The number of quaternary nitrogens is 1. The van der Waals surface area contributed by atoms with Crippen LogP contribution in [0.3, 0.4) is 0 Å². The van der Waals surface area contributed by atoms with Gasteiger partial charge in [0.25, 0.3) is 5.91 Å². The van der Waals surface area contributed by atoms with Crippen molar-refractivity contribution in [2.75, 3.05) is 26.2 Å². The lowest BCUT2D eigenvalue weighted by molar-refractivity contribution is -0.868. The average Bonchev–Trinajstić information content (AvgIpc) is 2.63. The van der Waals surface area contributed by atoms with Gasteiger partial charge in [0, 0.05) is 4.88 Å². The van der Waals surface area contributed by atoms with Crippen LogP contribution in [0.25, 0.3) is 6.08 Å². The summed E-state index contributed by atoms with van der Waals surface area (Å²) < 4.78 is 0.259. The van der Waals surface area contributed by atoms with E-state index in [9.17, 15) is 10.0 Å². The maximum absolute atomic E-state index is 12.1. The average molecular weight is 273 g/mol. The third kappa shape index (κ3) is 3.54. The highest BCUT2D eigenvalue weighted by Gasteiger charge is 2.24. The van der Waals surface area contributed by atoms with Gasteiger partial charge < -0.3 is 15.2 Å². The van der Waals surface area contributed by atoms with E-state index in [0.717, 1.165) is 9.21 Å². The van der Waals surface area contributed by atoms with Crippen molar-refractivity contribution in [2.24, 2.45) is 0 Å². The minimum atomic E-state index is -0.471. The Labute approximate surface area is 109 Å². The number of thiophene rings is 1. The highest BCUT2D eigenvalue weighted by atomic mass is 35.5. The van der Waals surface area contributed by atoms with E-state index in [4.69, 9.17) is 11.6 Å². The third-order valence-corrected chi connectivity index (χ3v) is 3.78. The van der Waals surface area contributed by atoms with Crippen molar-refractivity contribution >= 4 is 34.9 Å². The molecule has 0 saturated carbocycles. The molecule has 2 heterocycles. The summed E-state index contributed by atoms with van der Waals surface area (Å²) in [6, 6.07) is 3.73. The van der Waals surface area contributed by atoms with Gasteiger partial charge in [0.05, 0.1) is 24.0 Å². The summed E-state index contributed by atoms with van der Waals surface area (Å²) in [4.78, 5) is 12.2. The fraction of sp³-hybridized carbons (Fsp3) is 0.364. The van der Waals surface area contributed by atoms with Gasteiger partial charge in [-0.25, -0.2) is 0 Å². The lowest BCUT2D eigenvalue weighted by atomic mass is 10.3. The van der Waals surface area contributed by atoms with E-state index < -0.39 is 4.65 Å². The normalized spacial score (nSPS) is 25.2. The molecule has 1 saturated heterocycles. The molecule has 1 atom stereocenters. The molecule has 2 rings (SSSR count). The van der Waals surface area contributed by atoms with Crippen molar-refractivity contribution in [2.45, 2.75) is 0 Å². The predicted octanol–water partition coefficient (Wildman–Crippen LogP) is 1.86. The van der Waals surface area contributed by atoms with Crippen LogP contribution in [0, 0.1) is 5.21 Å². The zero-order valence-corrected chi connectivity index (χ0v) is 10.8. The Hall–Kier alpha value is -0.880. The Morgan fingerprint density at radius 3 is 3.06 bits per heavy atom. The minimum Gasteiger partial charge on any atom is -0.632 e. The van der Waals surface area contributed by atoms with Crippen LogP contribution in [0.4, 0.5) is 0 Å². The number of hydroxylamine groups is 3. The third-order valence-electron chi connectivity index (χ3n) is 2.59. The molecule has 0 radical (unpaired) electrons. The first-order chi connectivity index (χ1) is 8.07. The number of hydrogen-bond acceptors (Lipinski definition) is 3. The fourth-order valence-corrected chi connectivity index (χ4v) is 2.72. The summed E-state index contributed by atoms with van der Waals surface area (Å²) in [7, 11) is 0. The first-order valence-electron chi connectivity index (χ1n) is 5.33. The van der Waals surface area contributed by atoms with E-state index >= 15 is 0 Å². The van der Waals surface area contributed by atoms with Crippen molar-refractivity contribution in [1.82, 2.24) is 5.32 Å². The van der Waals surface area contributed by atoms with Crippen LogP contribution in [0.15, 0.2) is 18.2 Å². The van der Waals surface area contributed by atoms with Crippen molar-refractivity contribution in [3.05, 3.63) is 32.6 Å². The van der Waals surface area contributed by atoms with Crippen LogP contribution in [0.5, 0.6) is 0 Å². The van der Waals surface area contributed by atoms with Gasteiger partial charge in [-0.3, -0.25) is 4.79 Å². The number of nitrogens with zero attached hydrogens (tertiary/aromatic N) is 1. The molecule has 0 aromatic carbocycles. The monoisotopic (exact) mass is 272 g/mol. The molecule has 0 spiro atoms. The van der Waals surface area contributed by atoms with Gasteiger partial charge in [-0.05, 0) is 24.3 Å². The maximum atomic E-state index is 12.1. The summed E-state index contributed by atoms with van der Waals surface area (Å²) in [6.07, 6.45) is 3.69. The Balaban J connectivity index is 1.92. The van der Waals surface area contributed by atoms with Gasteiger partial charge in [0.15, 0.2) is 6.54 Å². The minimum absolute atomic E-state index is 0.00946. The molecule has 92 valence electrons. The molecule has 1 fully saturated rings. The molecule has 1 aromatic heterocycles. The van der Waals surface area contributed by atoms with E-state index in [2.05, 4.69) is 5.32 Å². The second-order valence-electron chi connectivity index (χ2n) is 4.02. The van der Waals surface area contributed by atoms with Crippen LogP contribution in [0.1, 0.15) is 4.88 Å². The second-order valence-corrected chi connectivity index (χ2v) is 5.76. The largest absolute Gasteiger partial charge is 0.632 e. The second kappa shape index (κ2) is 5.18.